The number of hydrogen-bond donors (Lipinski definition) is 0. The number of hydrogen-bond acceptors (Lipinski definition) is 2. The van der Waals surface area contributed by atoms with Gasteiger partial charge >= 0.3 is 0 Å². The highest BCUT2D eigenvalue weighted by Crippen LogP contribution is 2.15. The zero-order valence-electron chi connectivity index (χ0n) is 8.67. The molecule has 0 aromatic heterocycles. The molecule has 0 saturated carbocycles. The first-order chi connectivity index (χ1) is 6.74. The Balaban J connectivity index is 2.48. The molecule has 0 atom stereocenters. The smallest absolute Gasteiger partial charge is 0.0423 e. The minimum atomic E-state index is 0.782. The van der Waals surface area contributed by atoms with Crippen LogP contribution in [0.3, 0.4) is 0 Å². The fourth-order valence-corrected chi connectivity index (χ4v) is 1.73. The van der Waals surface area contributed by atoms with Gasteiger partial charge in [-0.3, -0.25) is 9.89 Å². The van der Waals surface area contributed by atoms with Crippen molar-refractivity contribution in [3.8, 4) is 0 Å². The van der Waals surface area contributed by atoms with E-state index in [-0.39, 0.29) is 0 Å². The van der Waals surface area contributed by atoms with Crippen molar-refractivity contribution < 1.29 is 0 Å². The molecule has 3 heteroatoms. The van der Waals surface area contributed by atoms with Crippen LogP contribution in [0.5, 0.6) is 0 Å². The Hall–Kier alpha value is -0.600. The van der Waals surface area contributed by atoms with E-state index >= 15 is 0 Å². The quantitative estimate of drug-likeness (QED) is 0.517. The molecule has 0 aliphatic carbocycles. The SMILES string of the molecule is C=N/C=C\C(Cl)=C(/C)CN1CCCC1. The van der Waals surface area contributed by atoms with Gasteiger partial charge in [-0.25, -0.2) is 0 Å². The largest absolute Gasteiger partial charge is 0.299 e. The lowest BCUT2D eigenvalue weighted by Gasteiger charge is -2.15. The van der Waals surface area contributed by atoms with E-state index in [1.165, 1.54) is 31.5 Å². The van der Waals surface area contributed by atoms with Gasteiger partial charge in [-0.05, 0) is 51.2 Å². The van der Waals surface area contributed by atoms with E-state index < -0.39 is 0 Å². The summed E-state index contributed by atoms with van der Waals surface area (Å²) in [7, 11) is 0. The molecule has 1 heterocycles. The molecule has 78 valence electrons. The summed E-state index contributed by atoms with van der Waals surface area (Å²) in [4.78, 5) is 6.05. The lowest BCUT2D eigenvalue weighted by Crippen LogP contribution is -2.21. The number of allylic oxidation sites excluding steroid dienone is 2. The first-order valence-corrected chi connectivity index (χ1v) is 5.32. The van der Waals surface area contributed by atoms with Crippen molar-refractivity contribution in [1.29, 1.82) is 0 Å². The van der Waals surface area contributed by atoms with Crippen molar-refractivity contribution in [2.45, 2.75) is 19.8 Å². The fraction of sp³-hybridized carbons (Fsp3) is 0.545. The maximum atomic E-state index is 6.07. The summed E-state index contributed by atoms with van der Waals surface area (Å²) in [5.74, 6) is 0. The Labute approximate surface area is 91.0 Å². The molecule has 0 spiro atoms. The Morgan fingerprint density at radius 1 is 1.50 bits per heavy atom. The first kappa shape index (κ1) is 11.5. The molecule has 14 heavy (non-hydrogen) atoms. The van der Waals surface area contributed by atoms with Gasteiger partial charge in [0.1, 0.15) is 0 Å². The molecule has 1 rings (SSSR count). The molecular formula is C11H17ClN2. The van der Waals surface area contributed by atoms with Crippen molar-refractivity contribution in [3.63, 3.8) is 0 Å². The Bertz CT molecular complexity index is 250. The van der Waals surface area contributed by atoms with E-state index in [0.717, 1.165) is 11.6 Å². The van der Waals surface area contributed by atoms with Gasteiger partial charge in [0, 0.05) is 17.8 Å². The lowest BCUT2D eigenvalue weighted by molar-refractivity contribution is 0.368. The van der Waals surface area contributed by atoms with Gasteiger partial charge in [0.05, 0.1) is 0 Å². The van der Waals surface area contributed by atoms with E-state index in [9.17, 15) is 0 Å². The highest BCUT2D eigenvalue weighted by Gasteiger charge is 2.11. The molecule has 1 aliphatic heterocycles. The summed E-state index contributed by atoms with van der Waals surface area (Å²) in [6, 6.07) is 0. The van der Waals surface area contributed by atoms with E-state index in [1.54, 1.807) is 12.3 Å². The van der Waals surface area contributed by atoms with Crippen molar-refractivity contribution in [1.82, 2.24) is 4.90 Å². The summed E-state index contributed by atoms with van der Waals surface area (Å²) in [5.41, 5.74) is 1.20. The third-order valence-corrected chi connectivity index (χ3v) is 2.84. The van der Waals surface area contributed by atoms with Crippen molar-refractivity contribution in [3.05, 3.63) is 22.9 Å². The third kappa shape index (κ3) is 3.64. The molecule has 0 N–H and O–H groups in total. The zero-order chi connectivity index (χ0) is 10.4. The second-order valence-corrected chi connectivity index (χ2v) is 4.02. The van der Waals surface area contributed by atoms with Crippen molar-refractivity contribution in [2.75, 3.05) is 19.6 Å². The highest BCUT2D eigenvalue weighted by atomic mass is 35.5. The van der Waals surface area contributed by atoms with E-state index in [0.29, 0.717) is 0 Å². The summed E-state index contributed by atoms with van der Waals surface area (Å²) in [5, 5.41) is 0.782. The maximum Gasteiger partial charge on any atom is 0.0423 e. The van der Waals surface area contributed by atoms with Gasteiger partial charge in [0.2, 0.25) is 0 Å². The summed E-state index contributed by atoms with van der Waals surface area (Å²) in [6.07, 6.45) is 6.04. The van der Waals surface area contributed by atoms with Crippen LogP contribution >= 0.6 is 11.6 Å². The first-order valence-electron chi connectivity index (χ1n) is 4.94. The van der Waals surface area contributed by atoms with Crippen LogP contribution < -0.4 is 0 Å². The predicted octanol–water partition coefficient (Wildman–Crippen LogP) is 2.81. The highest BCUT2D eigenvalue weighted by molar-refractivity contribution is 6.31. The van der Waals surface area contributed by atoms with Crippen LogP contribution in [0, 0.1) is 0 Å². The normalized spacial score (nSPS) is 20.1. The van der Waals surface area contributed by atoms with Gasteiger partial charge in [0.25, 0.3) is 0 Å². The van der Waals surface area contributed by atoms with Gasteiger partial charge < -0.3 is 0 Å². The number of aliphatic imine (C=N–C) groups is 1. The molecule has 0 bridgehead atoms. The van der Waals surface area contributed by atoms with E-state index in [1.807, 2.05) is 0 Å². The Kier molecular flexibility index (Phi) is 4.91. The van der Waals surface area contributed by atoms with Crippen LogP contribution in [-0.2, 0) is 0 Å². The van der Waals surface area contributed by atoms with E-state index in [4.69, 9.17) is 11.6 Å². The molecule has 1 fully saturated rings. The van der Waals surface area contributed by atoms with Gasteiger partial charge in [-0.2, -0.15) is 0 Å². The van der Waals surface area contributed by atoms with Crippen LogP contribution in [0.15, 0.2) is 27.9 Å². The minimum absolute atomic E-state index is 0.782. The molecule has 0 unspecified atom stereocenters. The minimum Gasteiger partial charge on any atom is -0.299 e. The second kappa shape index (κ2) is 5.99. The number of halogens is 1. The number of likely N-dealkylation sites (tertiary alicyclic amines) is 1. The molecular weight excluding hydrogens is 196 g/mol. The number of rotatable bonds is 4. The standard InChI is InChI=1S/C11H17ClN2/c1-10(11(12)5-6-13-2)9-14-7-3-4-8-14/h5-6H,2-4,7-9H2,1H3/b6-5-,11-10-. The Morgan fingerprint density at radius 3 is 2.71 bits per heavy atom. The van der Waals surface area contributed by atoms with Crippen LogP contribution in [0.4, 0.5) is 0 Å². The molecule has 1 aliphatic rings. The molecule has 0 aromatic rings. The van der Waals surface area contributed by atoms with Gasteiger partial charge in [-0.15, -0.1) is 0 Å². The molecule has 0 amide bonds. The summed E-state index contributed by atoms with van der Waals surface area (Å²) in [6.45, 7) is 8.80. The average molecular weight is 213 g/mol. The summed E-state index contributed by atoms with van der Waals surface area (Å²) >= 11 is 6.07. The molecule has 1 saturated heterocycles. The van der Waals surface area contributed by atoms with E-state index in [2.05, 4.69) is 23.5 Å². The number of nitrogens with zero attached hydrogens (tertiary/aromatic N) is 2. The monoisotopic (exact) mass is 212 g/mol. The van der Waals surface area contributed by atoms with Crippen LogP contribution in [0.2, 0.25) is 0 Å². The zero-order valence-corrected chi connectivity index (χ0v) is 9.43. The van der Waals surface area contributed by atoms with Crippen LogP contribution in [-0.4, -0.2) is 31.3 Å². The molecule has 2 nitrogen and oxygen atoms in total. The predicted molar refractivity (Wildman–Crippen MR) is 62.9 cm³/mol. The summed E-state index contributed by atoms with van der Waals surface area (Å²) < 4.78 is 0. The van der Waals surface area contributed by atoms with Gasteiger partial charge in [0.15, 0.2) is 0 Å². The lowest BCUT2D eigenvalue weighted by atomic mass is 10.2. The maximum absolute atomic E-state index is 6.07. The average Bonchev–Trinajstić information content (AvgIpc) is 2.66. The topological polar surface area (TPSA) is 15.6 Å². The van der Waals surface area contributed by atoms with Crippen LogP contribution in [0.1, 0.15) is 19.8 Å². The van der Waals surface area contributed by atoms with Crippen molar-refractivity contribution >= 4 is 18.3 Å². The molecule has 0 aromatic carbocycles. The third-order valence-electron chi connectivity index (χ3n) is 2.39. The molecule has 0 radical (unpaired) electrons. The Morgan fingerprint density at radius 2 is 2.14 bits per heavy atom. The van der Waals surface area contributed by atoms with Crippen LogP contribution in [0.25, 0.3) is 0 Å². The fourth-order valence-electron chi connectivity index (χ4n) is 1.61. The van der Waals surface area contributed by atoms with Gasteiger partial charge in [-0.1, -0.05) is 11.6 Å². The second-order valence-electron chi connectivity index (χ2n) is 3.61. The van der Waals surface area contributed by atoms with Crippen molar-refractivity contribution in [2.24, 2.45) is 4.99 Å².